The summed E-state index contributed by atoms with van der Waals surface area (Å²) >= 11 is 0. The zero-order valence-electron chi connectivity index (χ0n) is 11.6. The van der Waals surface area contributed by atoms with Crippen molar-refractivity contribution in [2.75, 3.05) is 6.61 Å². The average molecular weight is 267 g/mol. The Morgan fingerprint density at radius 1 is 0.950 bits per heavy atom. The minimum atomic E-state index is 0.169. The molecule has 0 spiro atoms. The van der Waals surface area contributed by atoms with Gasteiger partial charge in [-0.1, -0.05) is 72.8 Å². The van der Waals surface area contributed by atoms with Crippen LogP contribution in [0.25, 0.3) is 0 Å². The van der Waals surface area contributed by atoms with Gasteiger partial charge in [-0.05, 0) is 17.5 Å². The molecular formula is C18H21NO. The SMILES string of the molecule is OCC/C=C\C(NCc1ccccc1)c1ccccc1. The summed E-state index contributed by atoms with van der Waals surface area (Å²) in [5, 5.41) is 12.4. The number of hydrogen-bond acceptors (Lipinski definition) is 2. The van der Waals surface area contributed by atoms with E-state index >= 15 is 0 Å². The van der Waals surface area contributed by atoms with Gasteiger partial charge in [-0.15, -0.1) is 0 Å². The molecule has 2 aromatic carbocycles. The van der Waals surface area contributed by atoms with Crippen molar-refractivity contribution in [1.82, 2.24) is 5.32 Å². The van der Waals surface area contributed by atoms with Gasteiger partial charge in [0.05, 0.1) is 6.04 Å². The first-order valence-electron chi connectivity index (χ1n) is 7.00. The summed E-state index contributed by atoms with van der Waals surface area (Å²) in [5.74, 6) is 0. The molecule has 0 aliphatic rings. The highest BCUT2D eigenvalue weighted by molar-refractivity contribution is 5.24. The number of aliphatic hydroxyl groups excluding tert-OH is 1. The Kier molecular flexibility index (Phi) is 6.03. The molecule has 0 fully saturated rings. The predicted molar refractivity (Wildman–Crippen MR) is 83.3 cm³/mol. The standard InChI is InChI=1S/C18H21NO/c20-14-8-7-13-18(17-11-5-2-6-12-17)19-15-16-9-3-1-4-10-16/h1-7,9-13,18-20H,8,14-15H2/b13-7-. The predicted octanol–water partition coefficient (Wildman–Crippen LogP) is 3.46. The molecule has 2 nitrogen and oxygen atoms in total. The smallest absolute Gasteiger partial charge is 0.0508 e. The minimum Gasteiger partial charge on any atom is -0.396 e. The molecule has 20 heavy (non-hydrogen) atoms. The van der Waals surface area contributed by atoms with Crippen LogP contribution in [0.4, 0.5) is 0 Å². The third-order valence-electron chi connectivity index (χ3n) is 3.15. The van der Waals surface area contributed by atoms with Crippen LogP contribution in [0.3, 0.4) is 0 Å². The van der Waals surface area contributed by atoms with Crippen molar-refractivity contribution in [3.05, 3.63) is 83.9 Å². The van der Waals surface area contributed by atoms with Gasteiger partial charge in [0.1, 0.15) is 0 Å². The summed E-state index contributed by atoms with van der Waals surface area (Å²) < 4.78 is 0. The van der Waals surface area contributed by atoms with E-state index in [1.165, 1.54) is 11.1 Å². The molecular weight excluding hydrogens is 246 g/mol. The summed E-state index contributed by atoms with van der Waals surface area (Å²) in [5.41, 5.74) is 2.50. The van der Waals surface area contributed by atoms with E-state index < -0.39 is 0 Å². The third-order valence-corrected chi connectivity index (χ3v) is 3.15. The lowest BCUT2D eigenvalue weighted by molar-refractivity contribution is 0.302. The first-order valence-corrected chi connectivity index (χ1v) is 7.00. The Bertz CT molecular complexity index is 507. The quantitative estimate of drug-likeness (QED) is 0.753. The number of nitrogens with one attached hydrogen (secondary N) is 1. The second-order valence-electron chi connectivity index (χ2n) is 4.70. The Hall–Kier alpha value is -1.90. The van der Waals surface area contributed by atoms with Gasteiger partial charge < -0.3 is 10.4 Å². The van der Waals surface area contributed by atoms with Crippen LogP contribution in [0.5, 0.6) is 0 Å². The fourth-order valence-corrected chi connectivity index (χ4v) is 2.09. The maximum absolute atomic E-state index is 8.89. The summed E-state index contributed by atoms with van der Waals surface area (Å²) in [6, 6.07) is 20.9. The van der Waals surface area contributed by atoms with Gasteiger partial charge in [0, 0.05) is 13.2 Å². The van der Waals surface area contributed by atoms with E-state index in [-0.39, 0.29) is 12.6 Å². The van der Waals surface area contributed by atoms with Crippen molar-refractivity contribution in [1.29, 1.82) is 0 Å². The molecule has 2 heteroatoms. The summed E-state index contributed by atoms with van der Waals surface area (Å²) in [6.45, 7) is 1.01. The number of benzene rings is 2. The maximum atomic E-state index is 8.89. The molecule has 1 atom stereocenters. The van der Waals surface area contributed by atoms with Gasteiger partial charge in [0.15, 0.2) is 0 Å². The molecule has 1 unspecified atom stereocenters. The Morgan fingerprint density at radius 2 is 1.60 bits per heavy atom. The number of rotatable bonds is 7. The molecule has 0 heterocycles. The molecule has 0 saturated carbocycles. The highest BCUT2D eigenvalue weighted by atomic mass is 16.2. The van der Waals surface area contributed by atoms with Crippen molar-refractivity contribution >= 4 is 0 Å². The molecule has 2 rings (SSSR count). The molecule has 2 N–H and O–H groups in total. The van der Waals surface area contributed by atoms with Crippen LogP contribution in [0.2, 0.25) is 0 Å². The summed E-state index contributed by atoms with van der Waals surface area (Å²) in [7, 11) is 0. The van der Waals surface area contributed by atoms with Crippen molar-refractivity contribution in [2.24, 2.45) is 0 Å². The van der Waals surface area contributed by atoms with Crippen LogP contribution < -0.4 is 5.32 Å². The van der Waals surface area contributed by atoms with Gasteiger partial charge in [0.2, 0.25) is 0 Å². The van der Waals surface area contributed by atoms with Crippen LogP contribution in [-0.2, 0) is 6.54 Å². The largest absolute Gasteiger partial charge is 0.396 e. The van der Waals surface area contributed by atoms with E-state index in [0.717, 1.165) is 6.54 Å². The van der Waals surface area contributed by atoms with E-state index in [0.29, 0.717) is 6.42 Å². The van der Waals surface area contributed by atoms with Crippen LogP contribution >= 0.6 is 0 Å². The lowest BCUT2D eigenvalue weighted by Crippen LogP contribution is -2.19. The molecule has 0 aliphatic heterocycles. The van der Waals surface area contributed by atoms with Crippen molar-refractivity contribution in [2.45, 2.75) is 19.0 Å². The van der Waals surface area contributed by atoms with E-state index in [1.807, 2.05) is 30.3 Å². The Morgan fingerprint density at radius 3 is 2.25 bits per heavy atom. The number of aliphatic hydroxyl groups is 1. The minimum absolute atomic E-state index is 0.169. The molecule has 2 aromatic rings. The van der Waals surface area contributed by atoms with Crippen LogP contribution in [0, 0.1) is 0 Å². The first-order chi connectivity index (χ1) is 9.90. The third kappa shape index (κ3) is 4.65. The zero-order valence-corrected chi connectivity index (χ0v) is 11.6. The fourth-order valence-electron chi connectivity index (χ4n) is 2.09. The monoisotopic (exact) mass is 267 g/mol. The second kappa shape index (κ2) is 8.31. The Balaban J connectivity index is 2.03. The lowest BCUT2D eigenvalue weighted by atomic mass is 10.1. The van der Waals surface area contributed by atoms with Gasteiger partial charge in [-0.25, -0.2) is 0 Å². The summed E-state index contributed by atoms with van der Waals surface area (Å²) in [6.07, 6.45) is 4.83. The molecule has 104 valence electrons. The molecule has 0 aliphatic carbocycles. The highest BCUT2D eigenvalue weighted by Crippen LogP contribution is 2.15. The lowest BCUT2D eigenvalue weighted by Gasteiger charge is -2.16. The molecule has 0 radical (unpaired) electrons. The van der Waals surface area contributed by atoms with Gasteiger partial charge >= 0.3 is 0 Å². The van der Waals surface area contributed by atoms with Crippen LogP contribution in [0.1, 0.15) is 23.6 Å². The van der Waals surface area contributed by atoms with Crippen LogP contribution in [-0.4, -0.2) is 11.7 Å². The molecule has 0 bridgehead atoms. The fraction of sp³-hybridized carbons (Fsp3) is 0.222. The van der Waals surface area contributed by atoms with E-state index in [9.17, 15) is 0 Å². The molecule has 0 amide bonds. The van der Waals surface area contributed by atoms with Gasteiger partial charge in [-0.3, -0.25) is 0 Å². The van der Waals surface area contributed by atoms with Crippen LogP contribution in [0.15, 0.2) is 72.8 Å². The summed E-state index contributed by atoms with van der Waals surface area (Å²) in [4.78, 5) is 0. The van der Waals surface area contributed by atoms with E-state index in [1.54, 1.807) is 0 Å². The van der Waals surface area contributed by atoms with Crippen molar-refractivity contribution < 1.29 is 5.11 Å². The first kappa shape index (κ1) is 14.5. The van der Waals surface area contributed by atoms with Gasteiger partial charge in [0.25, 0.3) is 0 Å². The Labute approximate surface area is 120 Å². The zero-order chi connectivity index (χ0) is 14.0. The number of hydrogen-bond donors (Lipinski definition) is 2. The van der Waals surface area contributed by atoms with Crippen molar-refractivity contribution in [3.8, 4) is 0 Å². The average Bonchev–Trinajstić information content (AvgIpc) is 2.52. The molecule has 0 saturated heterocycles. The van der Waals surface area contributed by atoms with Crippen molar-refractivity contribution in [3.63, 3.8) is 0 Å². The van der Waals surface area contributed by atoms with Gasteiger partial charge in [-0.2, -0.15) is 0 Å². The van der Waals surface area contributed by atoms with E-state index in [4.69, 9.17) is 5.11 Å². The molecule has 0 aromatic heterocycles. The van der Waals surface area contributed by atoms with E-state index in [2.05, 4.69) is 47.8 Å². The second-order valence-corrected chi connectivity index (χ2v) is 4.70. The highest BCUT2D eigenvalue weighted by Gasteiger charge is 2.06. The maximum Gasteiger partial charge on any atom is 0.0508 e. The topological polar surface area (TPSA) is 32.3 Å². The normalized spacial score (nSPS) is 12.7.